The molecule has 3 atom stereocenters. The van der Waals surface area contributed by atoms with Crippen molar-refractivity contribution in [1.29, 1.82) is 10.8 Å². The largest absolute Gasteiger partial charge is 0.490 e. The maximum Gasteiger partial charge on any atom is 0.490 e. The monoisotopic (exact) mass is 646 g/mol. The lowest BCUT2D eigenvalue weighted by Crippen LogP contribution is -2.55. The summed E-state index contributed by atoms with van der Waals surface area (Å²) in [6, 6.07) is 4.54. The number of primary amides is 1. The summed E-state index contributed by atoms with van der Waals surface area (Å²) in [5.41, 5.74) is 23.0. The summed E-state index contributed by atoms with van der Waals surface area (Å²) in [6.45, 7) is 0.572. The Morgan fingerprint density at radius 3 is 1.84 bits per heavy atom. The van der Waals surface area contributed by atoms with E-state index in [9.17, 15) is 32.3 Å². The zero-order valence-corrected chi connectivity index (χ0v) is 24.9. The van der Waals surface area contributed by atoms with Gasteiger partial charge >= 0.3 is 12.1 Å². The summed E-state index contributed by atoms with van der Waals surface area (Å²) in [6.07, 6.45) is -3.85. The zero-order valence-electron chi connectivity index (χ0n) is 24.9. The second kappa shape index (κ2) is 19.4. The number of aliphatic carboxylic acids is 1. The van der Waals surface area contributed by atoms with Gasteiger partial charge in [-0.3, -0.25) is 30.0 Å². The number of guanidine groups is 1. The van der Waals surface area contributed by atoms with Gasteiger partial charge in [0.15, 0.2) is 5.96 Å². The van der Waals surface area contributed by atoms with Crippen LogP contribution in [0.4, 0.5) is 13.2 Å². The number of halogens is 3. The molecular formula is C26H41F3N10O6. The van der Waals surface area contributed by atoms with Crippen molar-refractivity contribution in [2.24, 2.45) is 28.9 Å². The SMILES string of the molecule is CN(C)C(=O)C(Cc1ccc(C(=N)N)cc1)C(=O)NC(CCCN)C(=O)N[C@@H](CCCNC(=N)N)C(N)=O.O=C(O)C(F)(F)F. The molecule has 0 fully saturated rings. The predicted molar refractivity (Wildman–Crippen MR) is 158 cm³/mol. The highest BCUT2D eigenvalue weighted by molar-refractivity contribution is 6.02. The fourth-order valence-corrected chi connectivity index (χ4v) is 3.61. The third kappa shape index (κ3) is 15.9. The van der Waals surface area contributed by atoms with Gasteiger partial charge in [0.05, 0.1) is 0 Å². The van der Waals surface area contributed by atoms with Crippen molar-refractivity contribution in [3.63, 3.8) is 0 Å². The van der Waals surface area contributed by atoms with Crippen LogP contribution in [-0.2, 0) is 30.4 Å². The van der Waals surface area contributed by atoms with Crippen molar-refractivity contribution in [2.45, 2.75) is 50.4 Å². The number of hydrogen-bond acceptors (Lipinski definition) is 8. The van der Waals surface area contributed by atoms with Crippen LogP contribution < -0.4 is 38.9 Å². The Hall–Kier alpha value is -4.94. The lowest BCUT2D eigenvalue weighted by atomic mass is 9.95. The second-order valence-corrected chi connectivity index (χ2v) is 9.84. The molecule has 0 bridgehead atoms. The molecule has 252 valence electrons. The summed E-state index contributed by atoms with van der Waals surface area (Å²) in [5, 5.41) is 29.6. The van der Waals surface area contributed by atoms with Crippen molar-refractivity contribution >= 4 is 41.4 Å². The molecule has 0 spiro atoms. The van der Waals surface area contributed by atoms with Crippen LogP contribution in [0.15, 0.2) is 24.3 Å². The number of rotatable bonds is 16. The fourth-order valence-electron chi connectivity index (χ4n) is 3.61. The highest BCUT2D eigenvalue weighted by atomic mass is 19.4. The van der Waals surface area contributed by atoms with Gasteiger partial charge in [0.25, 0.3) is 0 Å². The van der Waals surface area contributed by atoms with Gasteiger partial charge in [-0.25, -0.2) is 4.79 Å². The van der Waals surface area contributed by atoms with E-state index in [2.05, 4.69) is 16.0 Å². The van der Waals surface area contributed by atoms with Gasteiger partial charge in [-0.05, 0) is 44.2 Å². The maximum atomic E-state index is 13.3. The van der Waals surface area contributed by atoms with Gasteiger partial charge in [-0.15, -0.1) is 0 Å². The standard InChI is InChI=1S/C24H40N10O4.C2HF3O2/c1-34(2)23(38)16(13-14-7-9-15(10-8-14)19(26)27)21(36)33-18(5-3-11-25)22(37)32-17(20(28)35)6-4-12-31-24(29)30;3-2(4,5)1(6)7/h7-10,16-18H,3-6,11-13,25H2,1-2H3,(H3,26,27)(H2,28,35)(H,32,37)(H,33,36)(H4,29,30,31);(H,6,7)/t16?,17-,18?;/m0./s1. The van der Waals surface area contributed by atoms with E-state index < -0.39 is 53.8 Å². The number of carbonyl (C=O) groups is 5. The summed E-state index contributed by atoms with van der Waals surface area (Å²) in [7, 11) is 3.05. The molecule has 1 rings (SSSR count). The Morgan fingerprint density at radius 2 is 1.42 bits per heavy atom. The number of alkyl halides is 3. The first-order chi connectivity index (χ1) is 20.8. The smallest absolute Gasteiger partial charge is 0.475 e. The molecule has 45 heavy (non-hydrogen) atoms. The molecule has 0 aliphatic carbocycles. The van der Waals surface area contributed by atoms with Crippen LogP contribution in [0.25, 0.3) is 0 Å². The van der Waals surface area contributed by atoms with E-state index in [4.69, 9.17) is 43.7 Å². The number of carbonyl (C=O) groups excluding carboxylic acids is 4. The lowest BCUT2D eigenvalue weighted by molar-refractivity contribution is -0.192. The van der Waals surface area contributed by atoms with Crippen LogP contribution in [0.3, 0.4) is 0 Å². The van der Waals surface area contributed by atoms with E-state index in [1.165, 1.54) is 19.0 Å². The van der Waals surface area contributed by atoms with Crippen LogP contribution in [0, 0.1) is 16.7 Å². The fraction of sp³-hybridized carbons (Fsp3) is 0.500. The number of carboxylic acids is 1. The predicted octanol–water partition coefficient (Wildman–Crippen LogP) is -1.69. The molecule has 16 nitrogen and oxygen atoms in total. The van der Waals surface area contributed by atoms with Crippen LogP contribution in [0.1, 0.15) is 36.8 Å². The summed E-state index contributed by atoms with van der Waals surface area (Å²) in [4.78, 5) is 61.3. The third-order valence-electron chi connectivity index (χ3n) is 5.98. The van der Waals surface area contributed by atoms with Crippen molar-refractivity contribution < 1.29 is 42.3 Å². The average molecular weight is 647 g/mol. The minimum absolute atomic E-state index is 0.0549. The van der Waals surface area contributed by atoms with E-state index in [0.29, 0.717) is 30.5 Å². The van der Waals surface area contributed by atoms with Crippen LogP contribution >= 0.6 is 0 Å². The normalized spacial score (nSPS) is 12.7. The zero-order chi connectivity index (χ0) is 34.9. The first-order valence-electron chi connectivity index (χ1n) is 13.4. The molecule has 0 saturated carbocycles. The lowest BCUT2D eigenvalue weighted by Gasteiger charge is -2.25. The summed E-state index contributed by atoms with van der Waals surface area (Å²) < 4.78 is 31.7. The molecule has 0 aromatic heterocycles. The maximum absolute atomic E-state index is 13.3. The molecule has 0 radical (unpaired) electrons. The molecule has 0 aliphatic heterocycles. The van der Waals surface area contributed by atoms with E-state index >= 15 is 0 Å². The molecule has 0 heterocycles. The molecule has 19 heteroatoms. The number of amidine groups is 1. The minimum Gasteiger partial charge on any atom is -0.475 e. The Morgan fingerprint density at radius 1 is 0.911 bits per heavy atom. The first kappa shape index (κ1) is 40.1. The van der Waals surface area contributed by atoms with Gasteiger partial charge in [-0.1, -0.05) is 24.3 Å². The quantitative estimate of drug-likeness (QED) is 0.0420. The van der Waals surface area contributed by atoms with Gasteiger partial charge in [-0.2, -0.15) is 13.2 Å². The summed E-state index contributed by atoms with van der Waals surface area (Å²) in [5.74, 6) is -6.70. The van der Waals surface area contributed by atoms with Crippen molar-refractivity contribution in [1.82, 2.24) is 20.9 Å². The Kier molecular flexibility index (Phi) is 17.2. The van der Waals surface area contributed by atoms with E-state index in [0.717, 1.165) is 0 Å². The number of nitrogens with one attached hydrogen (secondary N) is 5. The average Bonchev–Trinajstić information content (AvgIpc) is 2.94. The molecule has 0 aliphatic rings. The molecule has 1 aromatic rings. The molecule has 0 saturated heterocycles. The van der Waals surface area contributed by atoms with E-state index in [1.54, 1.807) is 24.3 Å². The number of nitrogens with zero attached hydrogens (tertiary/aromatic N) is 1. The molecule has 4 amide bonds. The van der Waals surface area contributed by atoms with Crippen molar-refractivity contribution in [3.8, 4) is 0 Å². The molecule has 14 N–H and O–H groups in total. The van der Waals surface area contributed by atoms with Gasteiger partial charge in [0.1, 0.15) is 23.8 Å². The van der Waals surface area contributed by atoms with Gasteiger partial charge in [0.2, 0.25) is 23.6 Å². The highest BCUT2D eigenvalue weighted by Gasteiger charge is 2.38. The first-order valence-corrected chi connectivity index (χ1v) is 13.4. The Bertz CT molecular complexity index is 1190. The number of carboxylic acid groups (broad SMARTS) is 1. The number of nitrogens with two attached hydrogens (primary N) is 4. The van der Waals surface area contributed by atoms with Crippen LogP contribution in [0.2, 0.25) is 0 Å². The minimum atomic E-state index is -5.08. The number of hydrogen-bond donors (Lipinski definition) is 10. The number of nitrogen functional groups attached to an aromatic ring is 1. The molecular weight excluding hydrogens is 605 g/mol. The molecule has 1 aromatic carbocycles. The van der Waals surface area contributed by atoms with Crippen LogP contribution in [-0.4, -0.2) is 96.8 Å². The second-order valence-electron chi connectivity index (χ2n) is 9.84. The number of amides is 4. The van der Waals surface area contributed by atoms with Crippen molar-refractivity contribution in [2.75, 3.05) is 27.2 Å². The Balaban J connectivity index is 0.00000246. The van der Waals surface area contributed by atoms with Gasteiger partial charge < -0.3 is 48.9 Å². The summed E-state index contributed by atoms with van der Waals surface area (Å²) >= 11 is 0. The topological polar surface area (TPSA) is 297 Å². The van der Waals surface area contributed by atoms with Gasteiger partial charge in [0, 0.05) is 26.2 Å². The molecule has 2 unspecified atom stereocenters. The highest BCUT2D eigenvalue weighted by Crippen LogP contribution is 2.15. The Labute approximate surface area is 257 Å². The van der Waals surface area contributed by atoms with E-state index in [-0.39, 0.29) is 37.6 Å². The third-order valence-corrected chi connectivity index (χ3v) is 5.98. The van der Waals surface area contributed by atoms with Crippen molar-refractivity contribution in [3.05, 3.63) is 35.4 Å². The number of benzene rings is 1. The van der Waals surface area contributed by atoms with E-state index in [1.807, 2.05) is 0 Å². The van der Waals surface area contributed by atoms with Crippen LogP contribution in [0.5, 0.6) is 0 Å².